The number of fused-ring (bicyclic) bond motifs is 3. The van der Waals surface area contributed by atoms with Gasteiger partial charge in [0.25, 0.3) is 0 Å². The summed E-state index contributed by atoms with van der Waals surface area (Å²) < 4.78 is 2.28. The van der Waals surface area contributed by atoms with Crippen LogP contribution in [0.4, 0.5) is 0 Å². The molecular formula is C26H30N4O. The van der Waals surface area contributed by atoms with Gasteiger partial charge in [0.1, 0.15) is 0 Å². The zero-order valence-electron chi connectivity index (χ0n) is 17.9. The number of hydrogen-bond donors (Lipinski definition) is 1. The van der Waals surface area contributed by atoms with Crippen molar-refractivity contribution in [1.82, 2.24) is 19.4 Å². The topological polar surface area (TPSA) is 44.5 Å². The van der Waals surface area contributed by atoms with E-state index in [0.29, 0.717) is 6.54 Å². The molecule has 5 rings (SSSR count). The molecule has 0 radical (unpaired) electrons. The van der Waals surface area contributed by atoms with Crippen LogP contribution in [0.25, 0.3) is 21.8 Å². The molecule has 5 heteroatoms. The molecule has 1 aliphatic rings. The van der Waals surface area contributed by atoms with Crippen LogP contribution in [0.3, 0.4) is 0 Å². The number of rotatable bonds is 7. The van der Waals surface area contributed by atoms with Gasteiger partial charge in [-0.15, -0.1) is 0 Å². The fourth-order valence-corrected chi connectivity index (χ4v) is 4.78. The Labute approximate surface area is 183 Å². The van der Waals surface area contributed by atoms with E-state index in [1.54, 1.807) is 0 Å². The van der Waals surface area contributed by atoms with Crippen LogP contribution in [-0.4, -0.2) is 69.8 Å². The van der Waals surface area contributed by atoms with Crippen LogP contribution in [0.1, 0.15) is 5.69 Å². The minimum Gasteiger partial charge on any atom is -0.390 e. The van der Waals surface area contributed by atoms with Crippen molar-refractivity contribution in [2.24, 2.45) is 0 Å². The molecule has 1 atom stereocenters. The minimum absolute atomic E-state index is 0.390. The number of aromatic nitrogens is 2. The van der Waals surface area contributed by atoms with Crippen molar-refractivity contribution >= 4 is 21.8 Å². The molecule has 0 amide bonds. The van der Waals surface area contributed by atoms with E-state index in [-0.39, 0.29) is 6.10 Å². The predicted molar refractivity (Wildman–Crippen MR) is 126 cm³/mol. The highest BCUT2D eigenvalue weighted by Crippen LogP contribution is 2.28. The van der Waals surface area contributed by atoms with Crippen molar-refractivity contribution in [2.45, 2.75) is 19.1 Å². The zero-order valence-corrected chi connectivity index (χ0v) is 17.9. The molecule has 1 fully saturated rings. The van der Waals surface area contributed by atoms with Crippen LogP contribution in [0.2, 0.25) is 0 Å². The van der Waals surface area contributed by atoms with E-state index in [1.165, 1.54) is 21.8 Å². The summed E-state index contributed by atoms with van der Waals surface area (Å²) in [5.74, 6) is 0. The highest BCUT2D eigenvalue weighted by Gasteiger charge is 2.20. The summed E-state index contributed by atoms with van der Waals surface area (Å²) in [6, 6.07) is 23.1. The molecule has 0 unspecified atom stereocenters. The van der Waals surface area contributed by atoms with Crippen LogP contribution in [0.15, 0.2) is 72.9 Å². The summed E-state index contributed by atoms with van der Waals surface area (Å²) in [5, 5.41) is 13.4. The Morgan fingerprint density at radius 1 is 0.742 bits per heavy atom. The highest BCUT2D eigenvalue weighted by molar-refractivity contribution is 6.07. The number of β-amino-alcohol motifs (C(OH)–C–C–N with tert-alkyl or cyclic N) is 1. The average molecular weight is 415 g/mol. The lowest BCUT2D eigenvalue weighted by atomic mass is 10.2. The van der Waals surface area contributed by atoms with Gasteiger partial charge in [0, 0.05) is 79.4 Å². The molecule has 1 N–H and O–H groups in total. The van der Waals surface area contributed by atoms with E-state index in [1.807, 2.05) is 12.3 Å². The van der Waals surface area contributed by atoms with Gasteiger partial charge < -0.3 is 14.6 Å². The number of para-hydroxylation sites is 2. The molecule has 3 heterocycles. The van der Waals surface area contributed by atoms with Gasteiger partial charge in [0.2, 0.25) is 0 Å². The van der Waals surface area contributed by atoms with Gasteiger partial charge in [-0.2, -0.15) is 0 Å². The first-order chi connectivity index (χ1) is 15.3. The van der Waals surface area contributed by atoms with Crippen LogP contribution in [0.5, 0.6) is 0 Å². The largest absolute Gasteiger partial charge is 0.390 e. The second-order valence-corrected chi connectivity index (χ2v) is 8.51. The molecule has 1 saturated heterocycles. The summed E-state index contributed by atoms with van der Waals surface area (Å²) in [5.41, 5.74) is 3.55. The Kier molecular flexibility index (Phi) is 5.98. The highest BCUT2D eigenvalue weighted by atomic mass is 16.3. The third kappa shape index (κ3) is 4.49. The number of aliphatic hydroxyl groups excluding tert-OH is 1. The number of piperazine rings is 1. The van der Waals surface area contributed by atoms with Gasteiger partial charge in [-0.25, -0.2) is 0 Å². The Morgan fingerprint density at radius 3 is 2.00 bits per heavy atom. The predicted octanol–water partition coefficient (Wildman–Crippen LogP) is 3.41. The van der Waals surface area contributed by atoms with Crippen LogP contribution < -0.4 is 0 Å². The van der Waals surface area contributed by atoms with Gasteiger partial charge >= 0.3 is 0 Å². The van der Waals surface area contributed by atoms with Crippen molar-refractivity contribution in [3.05, 3.63) is 78.6 Å². The quantitative estimate of drug-likeness (QED) is 0.503. The normalized spacial score (nSPS) is 16.8. The first-order valence-corrected chi connectivity index (χ1v) is 11.3. The average Bonchev–Trinajstić information content (AvgIpc) is 3.13. The fourth-order valence-electron chi connectivity index (χ4n) is 4.78. The Hall–Kier alpha value is -2.73. The molecule has 1 aliphatic heterocycles. The van der Waals surface area contributed by atoms with E-state index in [9.17, 15) is 5.11 Å². The Balaban J connectivity index is 1.18. The number of hydrogen-bond acceptors (Lipinski definition) is 4. The first kappa shape index (κ1) is 20.2. The van der Waals surface area contributed by atoms with Gasteiger partial charge in [-0.3, -0.25) is 9.88 Å². The fraction of sp³-hybridized carbons (Fsp3) is 0.346. The smallest absolute Gasteiger partial charge is 0.0845 e. The molecule has 4 aromatic rings. The third-order valence-electron chi connectivity index (χ3n) is 6.42. The molecule has 0 saturated carbocycles. The number of pyridine rings is 1. The maximum Gasteiger partial charge on any atom is 0.0845 e. The van der Waals surface area contributed by atoms with Crippen LogP contribution in [-0.2, 0) is 13.0 Å². The lowest BCUT2D eigenvalue weighted by Crippen LogP contribution is -2.49. The maximum atomic E-state index is 10.9. The van der Waals surface area contributed by atoms with Crippen molar-refractivity contribution in [2.75, 3.05) is 39.3 Å². The Morgan fingerprint density at radius 2 is 1.35 bits per heavy atom. The monoisotopic (exact) mass is 414 g/mol. The van der Waals surface area contributed by atoms with Gasteiger partial charge in [0.05, 0.1) is 12.6 Å². The molecule has 0 spiro atoms. The van der Waals surface area contributed by atoms with E-state index in [2.05, 4.69) is 80.0 Å². The van der Waals surface area contributed by atoms with E-state index >= 15 is 0 Å². The summed E-state index contributed by atoms with van der Waals surface area (Å²) in [7, 11) is 0. The van der Waals surface area contributed by atoms with Gasteiger partial charge in [-0.05, 0) is 24.3 Å². The molecule has 31 heavy (non-hydrogen) atoms. The lowest BCUT2D eigenvalue weighted by Gasteiger charge is -2.35. The summed E-state index contributed by atoms with van der Waals surface area (Å²) >= 11 is 0. The molecule has 5 nitrogen and oxygen atoms in total. The van der Waals surface area contributed by atoms with Crippen molar-refractivity contribution < 1.29 is 5.11 Å². The van der Waals surface area contributed by atoms with Gasteiger partial charge in [0.15, 0.2) is 0 Å². The second kappa shape index (κ2) is 9.18. The standard InChI is InChI=1S/C26H30N4O/c31-22(19-29-17-15-28(16-18-29)14-12-21-7-5-6-13-27-21)20-30-25-10-3-1-8-23(25)24-9-2-4-11-26(24)30/h1-11,13,22,31H,12,14-20H2/t22-/m0/s1. The molecule has 2 aromatic carbocycles. The minimum atomic E-state index is -0.390. The SMILES string of the molecule is O[C@@H](CN1CCN(CCc2ccccn2)CC1)Cn1c2ccccc2c2ccccc21. The number of nitrogens with zero attached hydrogens (tertiary/aromatic N) is 4. The molecule has 160 valence electrons. The second-order valence-electron chi connectivity index (χ2n) is 8.51. The van der Waals surface area contributed by atoms with E-state index in [4.69, 9.17) is 0 Å². The van der Waals surface area contributed by atoms with Crippen molar-refractivity contribution in [3.63, 3.8) is 0 Å². The lowest BCUT2D eigenvalue weighted by molar-refractivity contribution is 0.0658. The zero-order chi connectivity index (χ0) is 21.0. The van der Waals surface area contributed by atoms with E-state index < -0.39 is 0 Å². The molecule has 0 bridgehead atoms. The van der Waals surface area contributed by atoms with Gasteiger partial charge in [-0.1, -0.05) is 42.5 Å². The third-order valence-corrected chi connectivity index (χ3v) is 6.42. The van der Waals surface area contributed by atoms with Crippen molar-refractivity contribution in [1.29, 1.82) is 0 Å². The maximum absolute atomic E-state index is 10.9. The number of aliphatic hydroxyl groups is 1. The van der Waals surface area contributed by atoms with Crippen LogP contribution in [0, 0.1) is 0 Å². The summed E-state index contributed by atoms with van der Waals surface area (Å²) in [6.07, 6.45) is 2.47. The summed E-state index contributed by atoms with van der Waals surface area (Å²) in [6.45, 7) is 6.50. The van der Waals surface area contributed by atoms with E-state index in [0.717, 1.165) is 51.4 Å². The molecule has 2 aromatic heterocycles. The Bertz CT molecular complexity index is 1080. The first-order valence-electron chi connectivity index (χ1n) is 11.3. The molecular weight excluding hydrogens is 384 g/mol. The van der Waals surface area contributed by atoms with Crippen molar-refractivity contribution in [3.8, 4) is 0 Å². The summed E-state index contributed by atoms with van der Waals surface area (Å²) in [4.78, 5) is 9.33. The number of benzene rings is 2. The molecule has 0 aliphatic carbocycles. The van der Waals surface area contributed by atoms with Crippen LogP contribution >= 0.6 is 0 Å².